The van der Waals surface area contributed by atoms with Crippen LogP contribution in [0.2, 0.25) is 0 Å². The molecule has 4 nitrogen and oxygen atoms in total. The molecule has 0 atom stereocenters. The third-order valence-electron chi connectivity index (χ3n) is 6.98. The molecule has 0 radical (unpaired) electrons. The zero-order chi connectivity index (χ0) is 24.2. The van der Waals surface area contributed by atoms with Crippen molar-refractivity contribution in [3.05, 3.63) is 120 Å². The van der Waals surface area contributed by atoms with Crippen LogP contribution in [0, 0.1) is 22.7 Å². The highest BCUT2D eigenvalue weighted by molar-refractivity contribution is 6.31. The van der Waals surface area contributed by atoms with Crippen molar-refractivity contribution >= 4 is 43.6 Å². The van der Waals surface area contributed by atoms with Crippen molar-refractivity contribution in [2.75, 3.05) is 0 Å². The highest BCUT2D eigenvalue weighted by Crippen LogP contribution is 2.45. The highest BCUT2D eigenvalue weighted by atomic mass is 15.0. The van der Waals surface area contributed by atoms with Gasteiger partial charge in [0.05, 0.1) is 33.2 Å². The summed E-state index contributed by atoms with van der Waals surface area (Å²) in [6.45, 7) is 0. The van der Waals surface area contributed by atoms with E-state index in [-0.39, 0.29) is 0 Å². The van der Waals surface area contributed by atoms with Crippen LogP contribution >= 0.6 is 0 Å². The molecule has 5 aromatic carbocycles. The topological polar surface area (TPSA) is 57.4 Å². The fraction of sp³-hybridized carbons (Fsp3) is 0. The van der Waals surface area contributed by atoms with Crippen LogP contribution < -0.4 is 0 Å². The van der Waals surface area contributed by atoms with Gasteiger partial charge in [-0.15, -0.1) is 0 Å². The maximum absolute atomic E-state index is 10.5. The lowest BCUT2D eigenvalue weighted by Gasteiger charge is -2.12. The van der Waals surface area contributed by atoms with E-state index in [1.54, 1.807) is 0 Å². The predicted molar refractivity (Wildman–Crippen MR) is 145 cm³/mol. The number of para-hydroxylation sites is 4. The number of fused-ring (bicyclic) bond motifs is 7. The van der Waals surface area contributed by atoms with Crippen LogP contribution in [-0.2, 0) is 0 Å². The van der Waals surface area contributed by atoms with Crippen molar-refractivity contribution in [3.63, 3.8) is 0 Å². The van der Waals surface area contributed by atoms with Crippen molar-refractivity contribution < 1.29 is 0 Å². The van der Waals surface area contributed by atoms with E-state index in [1.165, 1.54) is 0 Å². The summed E-state index contributed by atoms with van der Waals surface area (Å²) < 4.78 is 4.25. The lowest BCUT2D eigenvalue weighted by Crippen LogP contribution is -2.00. The smallest absolute Gasteiger partial charge is 0.103 e. The Bertz CT molecular complexity index is 1900. The second-order valence-corrected chi connectivity index (χ2v) is 8.80. The summed E-state index contributed by atoms with van der Waals surface area (Å²) >= 11 is 0. The average molecular weight is 459 g/mol. The molecule has 7 rings (SSSR count). The quantitative estimate of drug-likeness (QED) is 0.267. The lowest BCUT2D eigenvalue weighted by atomic mass is 9.98. The minimum Gasteiger partial charge on any atom is -0.308 e. The van der Waals surface area contributed by atoms with Crippen LogP contribution in [0.4, 0.5) is 0 Å². The maximum atomic E-state index is 10.5. The van der Waals surface area contributed by atoms with Gasteiger partial charge >= 0.3 is 0 Å². The molecule has 166 valence electrons. The molecular formula is C32H18N4. The van der Waals surface area contributed by atoms with Gasteiger partial charge in [-0.05, 0) is 36.4 Å². The molecular weight excluding hydrogens is 440 g/mol. The van der Waals surface area contributed by atoms with Gasteiger partial charge in [0.25, 0.3) is 0 Å². The summed E-state index contributed by atoms with van der Waals surface area (Å²) in [5.41, 5.74) is 6.23. The Morgan fingerprint density at radius 2 is 0.806 bits per heavy atom. The van der Waals surface area contributed by atoms with Crippen molar-refractivity contribution in [2.45, 2.75) is 0 Å². The minimum atomic E-state index is 0.389. The number of rotatable bonds is 2. The Kier molecular flexibility index (Phi) is 4.24. The van der Waals surface area contributed by atoms with Crippen molar-refractivity contribution in [1.82, 2.24) is 9.13 Å². The molecule has 0 aliphatic carbocycles. The number of nitriles is 2. The fourth-order valence-corrected chi connectivity index (χ4v) is 5.60. The number of hydrogen-bond acceptors (Lipinski definition) is 2. The molecule has 2 heterocycles. The summed E-state index contributed by atoms with van der Waals surface area (Å²) in [5, 5.41) is 25.1. The van der Waals surface area contributed by atoms with Gasteiger partial charge < -0.3 is 9.13 Å². The van der Waals surface area contributed by atoms with E-state index < -0.39 is 0 Å². The van der Waals surface area contributed by atoms with Gasteiger partial charge in [0.2, 0.25) is 0 Å². The molecule has 0 fully saturated rings. The normalized spacial score (nSPS) is 11.3. The Hall–Kier alpha value is -5.32. The van der Waals surface area contributed by atoms with Crippen LogP contribution in [0.5, 0.6) is 0 Å². The highest BCUT2D eigenvalue weighted by Gasteiger charge is 2.27. The van der Waals surface area contributed by atoms with Gasteiger partial charge in [0.1, 0.15) is 12.1 Å². The Labute approximate surface area is 207 Å². The molecule has 0 saturated heterocycles. The van der Waals surface area contributed by atoms with Gasteiger partial charge in [-0.3, -0.25) is 0 Å². The third-order valence-corrected chi connectivity index (χ3v) is 6.98. The van der Waals surface area contributed by atoms with E-state index in [0.717, 1.165) is 55.0 Å². The van der Waals surface area contributed by atoms with Crippen molar-refractivity contribution in [3.8, 4) is 23.5 Å². The number of benzene rings is 5. The van der Waals surface area contributed by atoms with Crippen LogP contribution in [0.3, 0.4) is 0 Å². The van der Waals surface area contributed by atoms with Crippen LogP contribution in [0.15, 0.2) is 109 Å². The summed E-state index contributed by atoms with van der Waals surface area (Å²) in [5.74, 6) is 0. The molecule has 0 amide bonds. The zero-order valence-electron chi connectivity index (χ0n) is 19.2. The van der Waals surface area contributed by atoms with Crippen molar-refractivity contribution in [2.24, 2.45) is 0 Å². The lowest BCUT2D eigenvalue weighted by molar-refractivity contribution is 1.16. The molecule has 2 aromatic heterocycles. The Balaban J connectivity index is 1.87. The number of aromatic nitrogens is 2. The first-order valence-corrected chi connectivity index (χ1v) is 11.8. The monoisotopic (exact) mass is 458 g/mol. The molecule has 0 unspecified atom stereocenters. The number of hydrogen-bond donors (Lipinski definition) is 0. The Morgan fingerprint density at radius 1 is 0.444 bits per heavy atom. The standard InChI is InChI=1S/C32H18N4/c33-19-25-26(20-34)32-30(24-16-8-10-18-28(24)36(32)22-13-5-2-6-14-22)29-23-15-7-9-17-27(23)35(31(25)29)21-11-3-1-4-12-21/h1-18H. The van der Waals surface area contributed by atoms with E-state index in [1.807, 2.05) is 84.9 Å². The maximum Gasteiger partial charge on any atom is 0.103 e. The predicted octanol–water partition coefficient (Wildman–Crippen LogP) is 7.62. The zero-order valence-corrected chi connectivity index (χ0v) is 19.2. The summed E-state index contributed by atoms with van der Waals surface area (Å²) in [7, 11) is 0. The van der Waals surface area contributed by atoms with Crippen LogP contribution in [0.25, 0.3) is 55.0 Å². The molecule has 4 heteroatoms. The van der Waals surface area contributed by atoms with Crippen LogP contribution in [-0.4, -0.2) is 9.13 Å². The first kappa shape index (κ1) is 20.1. The van der Waals surface area contributed by atoms with E-state index in [0.29, 0.717) is 11.1 Å². The molecule has 0 saturated carbocycles. The second kappa shape index (κ2) is 7.60. The first-order chi connectivity index (χ1) is 17.8. The van der Waals surface area contributed by atoms with Crippen molar-refractivity contribution in [1.29, 1.82) is 10.5 Å². The van der Waals surface area contributed by atoms with E-state index in [2.05, 4.69) is 45.5 Å². The second-order valence-electron chi connectivity index (χ2n) is 8.80. The molecule has 0 N–H and O–H groups in total. The molecule has 0 aliphatic heterocycles. The van der Waals surface area contributed by atoms with E-state index >= 15 is 0 Å². The SMILES string of the molecule is N#Cc1c(C#N)c2c(c3ccccc3n2-c2ccccc2)c2c3ccccc3n(-c3ccccc3)c12. The van der Waals surface area contributed by atoms with Gasteiger partial charge in [0, 0.05) is 32.9 Å². The molecule has 0 aliphatic rings. The largest absolute Gasteiger partial charge is 0.308 e. The molecule has 36 heavy (non-hydrogen) atoms. The fourth-order valence-electron chi connectivity index (χ4n) is 5.60. The molecule has 0 bridgehead atoms. The summed E-state index contributed by atoms with van der Waals surface area (Å²) in [6, 6.07) is 41.4. The van der Waals surface area contributed by atoms with Gasteiger partial charge in [0.15, 0.2) is 0 Å². The van der Waals surface area contributed by atoms with Gasteiger partial charge in [-0.2, -0.15) is 10.5 Å². The van der Waals surface area contributed by atoms with Gasteiger partial charge in [-0.25, -0.2) is 0 Å². The molecule has 7 aromatic rings. The van der Waals surface area contributed by atoms with Gasteiger partial charge in [-0.1, -0.05) is 72.8 Å². The summed E-state index contributed by atoms with van der Waals surface area (Å²) in [4.78, 5) is 0. The first-order valence-electron chi connectivity index (χ1n) is 11.8. The Morgan fingerprint density at radius 3 is 1.19 bits per heavy atom. The third kappa shape index (κ3) is 2.56. The minimum absolute atomic E-state index is 0.389. The van der Waals surface area contributed by atoms with Crippen LogP contribution in [0.1, 0.15) is 11.1 Å². The summed E-state index contributed by atoms with van der Waals surface area (Å²) in [6.07, 6.45) is 0. The molecule has 0 spiro atoms. The van der Waals surface area contributed by atoms with E-state index in [9.17, 15) is 10.5 Å². The van der Waals surface area contributed by atoms with E-state index in [4.69, 9.17) is 0 Å². The average Bonchev–Trinajstić information content (AvgIpc) is 3.46. The number of nitrogens with zero attached hydrogens (tertiary/aromatic N) is 4.